The van der Waals surface area contributed by atoms with Crippen LogP contribution in [-0.2, 0) is 12.7 Å². The van der Waals surface area contributed by atoms with Gasteiger partial charge in [0.15, 0.2) is 5.78 Å². The molecule has 0 spiro atoms. The number of anilines is 2. The van der Waals surface area contributed by atoms with E-state index in [1.54, 1.807) is 12.1 Å². The van der Waals surface area contributed by atoms with Gasteiger partial charge in [0, 0.05) is 29.6 Å². The number of hydrogen-bond acceptors (Lipinski definition) is 5. The van der Waals surface area contributed by atoms with Crippen molar-refractivity contribution in [2.45, 2.75) is 33.0 Å². The number of carbonyl (C=O) groups excluding carboxylic acids is 1. The lowest BCUT2D eigenvalue weighted by Crippen LogP contribution is -2.09. The Balaban J connectivity index is 1.94. The van der Waals surface area contributed by atoms with Crippen molar-refractivity contribution in [1.82, 2.24) is 9.97 Å². The molecule has 5 nitrogen and oxygen atoms in total. The first-order valence-corrected chi connectivity index (χ1v) is 9.61. The summed E-state index contributed by atoms with van der Waals surface area (Å²) in [6.07, 6.45) is -2.90. The second-order valence-corrected chi connectivity index (χ2v) is 7.78. The maximum Gasteiger partial charge on any atom is 0.417 e. The number of carbonyl (C=O) groups is 1. The van der Waals surface area contributed by atoms with Gasteiger partial charge in [0.1, 0.15) is 12.1 Å². The minimum Gasteiger partial charge on any atom is -0.399 e. The summed E-state index contributed by atoms with van der Waals surface area (Å²) in [6, 6.07) is 6.91. The van der Waals surface area contributed by atoms with Crippen LogP contribution >= 0.6 is 11.6 Å². The average molecular weight is 437 g/mol. The fourth-order valence-corrected chi connectivity index (χ4v) is 3.33. The molecule has 3 rings (SSSR count). The Labute approximate surface area is 176 Å². The highest BCUT2D eigenvalue weighted by atomic mass is 35.5. The molecule has 2 aromatic carbocycles. The monoisotopic (exact) mass is 436 g/mol. The van der Waals surface area contributed by atoms with Crippen LogP contribution in [0.1, 0.15) is 41.8 Å². The number of nitrogen functional groups attached to an aromatic ring is 1. The molecule has 0 saturated heterocycles. The molecule has 0 unspecified atom stereocenters. The molecule has 0 atom stereocenters. The highest BCUT2D eigenvalue weighted by Gasteiger charge is 2.33. The Morgan fingerprint density at radius 1 is 1.20 bits per heavy atom. The standard InChI is InChI=1S/C21H20ClF3N4O/c1-11(2)5-18(30)14-7-13(26)8-15-19(14)28-10-29-20(15)27-9-12-3-4-17(22)16(6-12)21(23,24)25/h3-4,6-8,10-11H,5,9,26H2,1-2H3,(H,27,28,29). The van der Waals surface area contributed by atoms with Crippen LogP contribution in [0.15, 0.2) is 36.7 Å². The van der Waals surface area contributed by atoms with E-state index in [1.807, 2.05) is 13.8 Å². The Morgan fingerprint density at radius 2 is 1.93 bits per heavy atom. The summed E-state index contributed by atoms with van der Waals surface area (Å²) >= 11 is 5.67. The third-order valence-electron chi connectivity index (χ3n) is 4.45. The van der Waals surface area contributed by atoms with Gasteiger partial charge in [0.05, 0.1) is 16.1 Å². The van der Waals surface area contributed by atoms with Gasteiger partial charge in [-0.15, -0.1) is 0 Å². The van der Waals surface area contributed by atoms with Crippen molar-refractivity contribution in [3.63, 3.8) is 0 Å². The van der Waals surface area contributed by atoms with E-state index in [2.05, 4.69) is 15.3 Å². The van der Waals surface area contributed by atoms with Crippen LogP contribution < -0.4 is 11.1 Å². The van der Waals surface area contributed by atoms with Gasteiger partial charge in [-0.05, 0) is 35.7 Å². The summed E-state index contributed by atoms with van der Waals surface area (Å²) in [5.74, 6) is 0.454. The zero-order valence-corrected chi connectivity index (χ0v) is 17.1. The SMILES string of the molecule is CC(C)CC(=O)c1cc(N)cc2c(NCc3ccc(Cl)c(C(F)(F)F)c3)ncnc12. The Bertz CT molecular complexity index is 1100. The maximum atomic E-state index is 13.1. The van der Waals surface area contributed by atoms with Crippen LogP contribution in [0.25, 0.3) is 10.9 Å². The van der Waals surface area contributed by atoms with Crippen LogP contribution in [0.2, 0.25) is 5.02 Å². The fraction of sp³-hybridized carbons (Fsp3) is 0.286. The molecule has 0 aliphatic heterocycles. The molecule has 0 amide bonds. The van der Waals surface area contributed by atoms with E-state index in [1.165, 1.54) is 18.5 Å². The number of nitrogens with zero attached hydrogens (tertiary/aromatic N) is 2. The van der Waals surface area contributed by atoms with Crippen molar-refractivity contribution < 1.29 is 18.0 Å². The van der Waals surface area contributed by atoms with Crippen LogP contribution in [0.3, 0.4) is 0 Å². The fourth-order valence-electron chi connectivity index (χ4n) is 3.11. The van der Waals surface area contributed by atoms with Gasteiger partial charge >= 0.3 is 6.18 Å². The van der Waals surface area contributed by atoms with E-state index in [0.717, 1.165) is 6.07 Å². The topological polar surface area (TPSA) is 80.9 Å². The van der Waals surface area contributed by atoms with E-state index >= 15 is 0 Å². The van der Waals surface area contributed by atoms with Crippen LogP contribution in [0, 0.1) is 5.92 Å². The zero-order chi connectivity index (χ0) is 22.1. The number of Topliss-reactive ketones (excluding diaryl/α,β-unsaturated/α-hetero) is 1. The molecule has 0 saturated carbocycles. The van der Waals surface area contributed by atoms with Crippen LogP contribution in [0.5, 0.6) is 0 Å². The number of nitrogens with one attached hydrogen (secondary N) is 1. The molecule has 3 aromatic rings. The first kappa shape index (κ1) is 21.8. The molecule has 0 aliphatic rings. The van der Waals surface area contributed by atoms with Gasteiger partial charge in [-0.1, -0.05) is 31.5 Å². The zero-order valence-electron chi connectivity index (χ0n) is 16.3. The van der Waals surface area contributed by atoms with E-state index in [9.17, 15) is 18.0 Å². The number of benzene rings is 2. The van der Waals surface area contributed by atoms with Crippen molar-refractivity contribution >= 4 is 39.8 Å². The minimum atomic E-state index is -4.55. The molecule has 0 bridgehead atoms. The van der Waals surface area contributed by atoms with Crippen molar-refractivity contribution in [2.24, 2.45) is 5.92 Å². The molecular formula is C21H20ClF3N4O. The predicted molar refractivity (Wildman–Crippen MR) is 112 cm³/mol. The van der Waals surface area contributed by atoms with E-state index in [0.29, 0.717) is 40.0 Å². The summed E-state index contributed by atoms with van der Waals surface area (Å²) < 4.78 is 39.3. The third kappa shape index (κ3) is 4.81. The van der Waals surface area contributed by atoms with E-state index in [-0.39, 0.29) is 23.3 Å². The molecule has 0 aliphatic carbocycles. The summed E-state index contributed by atoms with van der Waals surface area (Å²) in [7, 11) is 0. The predicted octanol–water partition coefficient (Wildman–Crippen LogP) is 5.73. The highest BCUT2D eigenvalue weighted by Crippen LogP contribution is 2.35. The molecule has 1 aromatic heterocycles. The first-order valence-electron chi connectivity index (χ1n) is 9.23. The number of alkyl halides is 3. The number of halogens is 4. The number of hydrogen-bond donors (Lipinski definition) is 2. The van der Waals surface area contributed by atoms with Gasteiger partial charge in [0.2, 0.25) is 0 Å². The van der Waals surface area contributed by atoms with Crippen molar-refractivity contribution in [2.75, 3.05) is 11.1 Å². The number of nitrogens with two attached hydrogens (primary N) is 1. The molecule has 9 heteroatoms. The summed E-state index contributed by atoms with van der Waals surface area (Å²) in [5.41, 5.74) is 6.67. The first-order chi connectivity index (χ1) is 14.1. The number of fused-ring (bicyclic) bond motifs is 1. The molecule has 1 heterocycles. The molecule has 30 heavy (non-hydrogen) atoms. The smallest absolute Gasteiger partial charge is 0.399 e. The summed E-state index contributed by atoms with van der Waals surface area (Å²) in [4.78, 5) is 21.0. The molecule has 158 valence electrons. The molecule has 3 N–H and O–H groups in total. The number of rotatable bonds is 6. The summed E-state index contributed by atoms with van der Waals surface area (Å²) in [6.45, 7) is 3.95. The molecule has 0 radical (unpaired) electrons. The van der Waals surface area contributed by atoms with Gasteiger partial charge in [0.25, 0.3) is 0 Å². The highest BCUT2D eigenvalue weighted by molar-refractivity contribution is 6.31. The van der Waals surface area contributed by atoms with Crippen LogP contribution in [0.4, 0.5) is 24.7 Å². The van der Waals surface area contributed by atoms with Gasteiger partial charge in [-0.3, -0.25) is 4.79 Å². The Morgan fingerprint density at radius 3 is 2.60 bits per heavy atom. The summed E-state index contributed by atoms with van der Waals surface area (Å²) in [5, 5.41) is 3.17. The number of ketones is 1. The Hall–Kier alpha value is -2.87. The lowest BCUT2D eigenvalue weighted by atomic mass is 9.98. The third-order valence-corrected chi connectivity index (χ3v) is 4.78. The quantitative estimate of drug-likeness (QED) is 0.381. The van der Waals surface area contributed by atoms with Crippen molar-refractivity contribution in [1.29, 1.82) is 0 Å². The van der Waals surface area contributed by atoms with Crippen molar-refractivity contribution in [3.05, 3.63) is 58.4 Å². The molecule has 0 fully saturated rings. The number of aromatic nitrogens is 2. The second kappa shape index (κ2) is 8.47. The lowest BCUT2D eigenvalue weighted by Gasteiger charge is -2.14. The van der Waals surface area contributed by atoms with Crippen LogP contribution in [-0.4, -0.2) is 15.8 Å². The van der Waals surface area contributed by atoms with Gasteiger partial charge < -0.3 is 11.1 Å². The molecular weight excluding hydrogens is 417 g/mol. The van der Waals surface area contributed by atoms with Gasteiger partial charge in [-0.25, -0.2) is 9.97 Å². The largest absolute Gasteiger partial charge is 0.417 e. The van der Waals surface area contributed by atoms with E-state index < -0.39 is 11.7 Å². The average Bonchev–Trinajstić information content (AvgIpc) is 2.65. The lowest BCUT2D eigenvalue weighted by molar-refractivity contribution is -0.137. The normalized spacial score (nSPS) is 11.8. The maximum absolute atomic E-state index is 13.1. The Kier molecular flexibility index (Phi) is 6.17. The van der Waals surface area contributed by atoms with Crippen molar-refractivity contribution in [3.8, 4) is 0 Å². The van der Waals surface area contributed by atoms with Gasteiger partial charge in [-0.2, -0.15) is 13.2 Å². The van der Waals surface area contributed by atoms with E-state index in [4.69, 9.17) is 17.3 Å². The second-order valence-electron chi connectivity index (χ2n) is 7.37. The minimum absolute atomic E-state index is 0.0659.